The average molecular weight is 459 g/mol. The molecule has 0 N–H and O–H groups in total. The van der Waals surface area contributed by atoms with Crippen molar-refractivity contribution in [1.82, 2.24) is 9.97 Å². The first-order valence-corrected chi connectivity index (χ1v) is 12.8. The van der Waals surface area contributed by atoms with Gasteiger partial charge in [-0.1, -0.05) is 0 Å². The Kier molecular flexibility index (Phi) is 5.56. The van der Waals surface area contributed by atoms with E-state index in [9.17, 15) is 0 Å². The molecule has 90 valence electrons. The summed E-state index contributed by atoms with van der Waals surface area (Å²) in [5.74, 6) is 0. The van der Waals surface area contributed by atoms with Gasteiger partial charge < -0.3 is 0 Å². The number of halogens is 3. The summed E-state index contributed by atoms with van der Waals surface area (Å²) in [6.45, 7) is 0. The van der Waals surface area contributed by atoms with E-state index in [0.717, 1.165) is 8.33 Å². The number of hydrogen-bond acceptors (Lipinski definition) is 2. The Hall–Kier alpha value is 0.212. The van der Waals surface area contributed by atoms with E-state index < -0.39 is 11.5 Å². The van der Waals surface area contributed by atoms with E-state index in [4.69, 9.17) is 0 Å². The van der Waals surface area contributed by atoms with E-state index in [1.165, 1.54) is 0 Å². The number of rotatable bonds is 2. The van der Waals surface area contributed by atoms with Crippen molar-refractivity contribution in [2.75, 3.05) is 0 Å². The van der Waals surface area contributed by atoms with E-state index >= 15 is 0 Å². The van der Waals surface area contributed by atoms with Crippen LogP contribution in [0.2, 0.25) is 0 Å². The second kappa shape index (κ2) is 6.23. The van der Waals surface area contributed by atoms with Gasteiger partial charge in [-0.15, -0.1) is 12.4 Å². The summed E-state index contributed by atoms with van der Waals surface area (Å²) < 4.78 is 2.06. The van der Waals surface area contributed by atoms with E-state index in [1.54, 1.807) is 12.4 Å². The summed E-state index contributed by atoms with van der Waals surface area (Å²) in [5.41, 5.74) is 0. The van der Waals surface area contributed by atoms with Crippen molar-refractivity contribution in [3.8, 4) is 0 Å². The summed E-state index contributed by atoms with van der Waals surface area (Å²) in [5, 5.41) is 0. The van der Waals surface area contributed by atoms with Gasteiger partial charge in [-0.25, -0.2) is 0 Å². The van der Waals surface area contributed by atoms with Crippen LogP contribution in [0.1, 0.15) is 0 Å². The molecule has 0 amide bonds. The summed E-state index contributed by atoms with van der Waals surface area (Å²) in [7, 11) is 0. The third-order valence-electron chi connectivity index (χ3n) is 1.63. The predicted molar refractivity (Wildman–Crippen MR) is 72.8 cm³/mol. The zero-order chi connectivity index (χ0) is 10.7. The maximum absolute atomic E-state index is 4.36. The topological polar surface area (TPSA) is 25.8 Å². The molecule has 2 heterocycles. The molecule has 0 aromatic carbocycles. The van der Waals surface area contributed by atoms with Crippen molar-refractivity contribution in [2.45, 2.75) is 0 Å². The molecule has 2 nitrogen and oxygen atoms in total. The molecule has 0 aliphatic rings. The second-order valence-corrected chi connectivity index (χ2v) is 18.9. The fourth-order valence-corrected chi connectivity index (χ4v) is 6.58. The average Bonchev–Trinajstić information content (AvgIpc) is 2.31. The van der Waals surface area contributed by atoms with Gasteiger partial charge in [0.25, 0.3) is 0 Å². The first-order chi connectivity index (χ1) is 7.21. The molecule has 0 fully saturated rings. The molecule has 0 aliphatic carbocycles. The van der Waals surface area contributed by atoms with Crippen LogP contribution in [0.4, 0.5) is 0 Å². The maximum atomic E-state index is 4.36. The molecule has 0 atom stereocenters. The summed E-state index contributed by atoms with van der Waals surface area (Å²) in [4.78, 5) is 8.72. The molecule has 2 aromatic heterocycles. The molecular formula is C10H9Br2ClN2Pd. The number of pyridine rings is 2. The van der Waals surface area contributed by atoms with Crippen molar-refractivity contribution < 1.29 is 11.5 Å². The van der Waals surface area contributed by atoms with Crippen molar-refractivity contribution in [2.24, 2.45) is 0 Å². The first-order valence-electron chi connectivity index (χ1n) is 4.10. The van der Waals surface area contributed by atoms with Crippen molar-refractivity contribution in [3.63, 3.8) is 0 Å². The fraction of sp³-hybridized carbons (Fsp3) is 0. The van der Waals surface area contributed by atoms with Gasteiger partial charge in [-0.05, 0) is 0 Å². The number of nitrogens with zero attached hydrogens (tertiary/aromatic N) is 2. The predicted octanol–water partition coefficient (Wildman–Crippen LogP) is 2.62. The van der Waals surface area contributed by atoms with Crippen molar-refractivity contribution >= 4 is 47.6 Å². The fourth-order valence-electron chi connectivity index (χ4n) is 0.981. The van der Waals surface area contributed by atoms with Gasteiger partial charge in [0.2, 0.25) is 0 Å². The zero-order valence-electron chi connectivity index (χ0n) is 7.99. The van der Waals surface area contributed by atoms with Gasteiger partial charge in [0, 0.05) is 0 Å². The summed E-state index contributed by atoms with van der Waals surface area (Å²) in [6, 6.07) is 11.8. The minimum absolute atomic E-state index is 0. The Bertz CT molecular complexity index is 398. The van der Waals surface area contributed by atoms with Gasteiger partial charge in [0.1, 0.15) is 0 Å². The molecule has 16 heavy (non-hydrogen) atoms. The molecule has 0 unspecified atom stereocenters. The summed E-state index contributed by atoms with van der Waals surface area (Å²) in [6.07, 6.45) is 3.59. The standard InChI is InChI=1S/2C5H4N.2BrH.ClH.Pd/c2*1-2-4-6-5-3-1;;;;/h2*1-4H;3*1H;/q;;;;;+2/p-2. The van der Waals surface area contributed by atoms with Crippen molar-refractivity contribution in [3.05, 3.63) is 48.8 Å². The minimum atomic E-state index is -2.18. The third-order valence-corrected chi connectivity index (χ3v) is 10.6. The molecule has 2 aromatic rings. The van der Waals surface area contributed by atoms with Crippen LogP contribution in [0.3, 0.4) is 0 Å². The van der Waals surface area contributed by atoms with E-state index in [0.29, 0.717) is 0 Å². The van der Waals surface area contributed by atoms with Crippen LogP contribution in [0.15, 0.2) is 48.8 Å². The van der Waals surface area contributed by atoms with Crippen LogP contribution < -0.4 is 8.33 Å². The Morgan fingerprint density at radius 1 is 0.812 bits per heavy atom. The molecule has 0 radical (unpaired) electrons. The SMILES string of the molecule is Cl.[Br][Pd]([Br])([c]1ccccn1)[c]1ccccn1. The van der Waals surface area contributed by atoms with Gasteiger partial charge >= 0.3 is 105 Å². The van der Waals surface area contributed by atoms with Crippen LogP contribution in [-0.2, 0) is 11.5 Å². The second-order valence-electron chi connectivity index (χ2n) is 2.60. The molecule has 6 heteroatoms. The van der Waals surface area contributed by atoms with E-state index in [1.807, 2.05) is 36.4 Å². The Morgan fingerprint density at radius 3 is 1.56 bits per heavy atom. The van der Waals surface area contributed by atoms with E-state index in [-0.39, 0.29) is 12.4 Å². The molecule has 0 saturated carbocycles. The third kappa shape index (κ3) is 3.12. The van der Waals surface area contributed by atoms with Gasteiger partial charge in [0.15, 0.2) is 0 Å². The Labute approximate surface area is 117 Å². The van der Waals surface area contributed by atoms with Crippen LogP contribution in [0.5, 0.6) is 0 Å². The van der Waals surface area contributed by atoms with Crippen LogP contribution in [0, 0.1) is 0 Å². The van der Waals surface area contributed by atoms with Crippen molar-refractivity contribution in [1.29, 1.82) is 0 Å². The Balaban J connectivity index is 0.00000128. The van der Waals surface area contributed by atoms with Crippen LogP contribution in [-0.4, -0.2) is 9.97 Å². The zero-order valence-corrected chi connectivity index (χ0v) is 13.5. The van der Waals surface area contributed by atoms with Crippen LogP contribution >= 0.6 is 39.3 Å². The van der Waals surface area contributed by atoms with E-state index in [2.05, 4.69) is 36.8 Å². The van der Waals surface area contributed by atoms with Gasteiger partial charge in [-0.2, -0.15) is 0 Å². The monoisotopic (exact) mass is 456 g/mol. The molecule has 0 bridgehead atoms. The van der Waals surface area contributed by atoms with Gasteiger partial charge in [0.05, 0.1) is 0 Å². The first kappa shape index (κ1) is 14.3. The molecule has 2 rings (SSSR count). The van der Waals surface area contributed by atoms with Gasteiger partial charge in [-0.3, -0.25) is 0 Å². The molecule has 0 aliphatic heterocycles. The number of hydrogen-bond donors (Lipinski definition) is 0. The molecule has 0 spiro atoms. The normalized spacial score (nSPS) is 11.6. The van der Waals surface area contributed by atoms with Crippen LogP contribution in [0.25, 0.3) is 0 Å². The summed E-state index contributed by atoms with van der Waals surface area (Å²) >= 11 is 5.30. The number of aromatic nitrogens is 2. The Morgan fingerprint density at radius 2 is 1.25 bits per heavy atom. The molecule has 0 saturated heterocycles. The molecular weight excluding hydrogens is 450 g/mol. The quantitative estimate of drug-likeness (QED) is 0.647.